The van der Waals surface area contributed by atoms with E-state index in [4.69, 9.17) is 0 Å². The fourth-order valence-electron chi connectivity index (χ4n) is 4.69. The number of fused-ring (bicyclic) bond motifs is 2. The third-order valence-electron chi connectivity index (χ3n) is 6.25. The molecule has 7 heteroatoms. The molecule has 7 nitrogen and oxygen atoms in total. The molecule has 1 fully saturated rings. The number of H-pyrrole nitrogens is 1. The predicted molar refractivity (Wildman–Crippen MR) is 110 cm³/mol. The summed E-state index contributed by atoms with van der Waals surface area (Å²) in [6.07, 6.45) is 6.87. The number of benzene rings is 1. The van der Waals surface area contributed by atoms with Crippen molar-refractivity contribution in [3.05, 3.63) is 53.0 Å². The Bertz CT molecular complexity index is 1090. The van der Waals surface area contributed by atoms with Crippen LogP contribution in [-0.2, 0) is 20.0 Å². The highest BCUT2D eigenvalue weighted by molar-refractivity contribution is 6.06. The van der Waals surface area contributed by atoms with E-state index in [1.165, 1.54) is 0 Å². The minimum atomic E-state index is -0.116. The molecule has 3 heterocycles. The number of amides is 2. The number of hydrogen-bond acceptors (Lipinski definition) is 3. The molecule has 2 N–H and O–H groups in total. The smallest absolute Gasteiger partial charge is 0.272 e. The topological polar surface area (TPSA) is 83.0 Å². The molecule has 0 atom stereocenters. The molecule has 0 unspecified atom stereocenters. The summed E-state index contributed by atoms with van der Waals surface area (Å²) in [6, 6.07) is 8.05. The number of rotatable bonds is 3. The van der Waals surface area contributed by atoms with Crippen LogP contribution in [0.5, 0.6) is 0 Å². The van der Waals surface area contributed by atoms with Gasteiger partial charge in [-0.25, -0.2) is 0 Å². The van der Waals surface area contributed by atoms with Gasteiger partial charge in [0.05, 0.1) is 12.1 Å². The predicted octanol–water partition coefficient (Wildman–Crippen LogP) is 2.77. The molecule has 2 amide bonds. The maximum Gasteiger partial charge on any atom is 0.272 e. The molecule has 1 aliphatic heterocycles. The van der Waals surface area contributed by atoms with Gasteiger partial charge in [-0.3, -0.25) is 14.3 Å². The quantitative estimate of drug-likeness (QED) is 0.720. The van der Waals surface area contributed by atoms with E-state index >= 15 is 0 Å². The average molecular weight is 391 g/mol. The van der Waals surface area contributed by atoms with Crippen molar-refractivity contribution in [1.29, 1.82) is 0 Å². The van der Waals surface area contributed by atoms with Crippen LogP contribution in [-0.4, -0.2) is 44.1 Å². The first-order chi connectivity index (χ1) is 14.1. The van der Waals surface area contributed by atoms with Crippen molar-refractivity contribution in [3.8, 4) is 0 Å². The Kier molecular flexibility index (Phi) is 4.38. The summed E-state index contributed by atoms with van der Waals surface area (Å²) in [5.41, 5.74) is 4.01. The Morgan fingerprint density at radius 3 is 2.83 bits per heavy atom. The van der Waals surface area contributed by atoms with Gasteiger partial charge in [0.2, 0.25) is 0 Å². The normalized spacial score (nSPS) is 16.9. The van der Waals surface area contributed by atoms with Gasteiger partial charge < -0.3 is 15.2 Å². The number of nitrogens with zero attached hydrogens (tertiary/aromatic N) is 3. The largest absolute Gasteiger partial charge is 0.360 e. The van der Waals surface area contributed by atoms with E-state index in [0.29, 0.717) is 30.8 Å². The van der Waals surface area contributed by atoms with Crippen molar-refractivity contribution in [1.82, 2.24) is 25.0 Å². The maximum absolute atomic E-state index is 13.2. The Morgan fingerprint density at radius 1 is 1.21 bits per heavy atom. The van der Waals surface area contributed by atoms with Crippen molar-refractivity contribution in [2.75, 3.05) is 6.54 Å². The number of hydrogen-bond donors (Lipinski definition) is 2. The summed E-state index contributed by atoms with van der Waals surface area (Å²) in [7, 11) is 1.88. The summed E-state index contributed by atoms with van der Waals surface area (Å²) in [5.74, 6) is -0.130. The molecule has 2 aromatic heterocycles. The van der Waals surface area contributed by atoms with Crippen molar-refractivity contribution in [3.63, 3.8) is 0 Å². The van der Waals surface area contributed by atoms with Gasteiger partial charge in [0.1, 0.15) is 0 Å². The fraction of sp³-hybridized carbons (Fsp3) is 0.409. The SMILES string of the molecule is Cn1nc(C(=O)NC2CCCC2)c2c1CCN(C(=O)c1c[nH]c3ccccc13)C2. The summed E-state index contributed by atoms with van der Waals surface area (Å²) in [6.45, 7) is 1.03. The zero-order valence-corrected chi connectivity index (χ0v) is 16.6. The maximum atomic E-state index is 13.2. The number of para-hydroxylation sites is 1. The zero-order chi connectivity index (χ0) is 20.0. The van der Waals surface area contributed by atoms with Crippen LogP contribution in [0.1, 0.15) is 57.8 Å². The van der Waals surface area contributed by atoms with Gasteiger partial charge in [-0.2, -0.15) is 5.10 Å². The van der Waals surface area contributed by atoms with Gasteiger partial charge in [-0.15, -0.1) is 0 Å². The lowest BCUT2D eigenvalue weighted by atomic mass is 10.0. The Morgan fingerprint density at radius 2 is 2.00 bits per heavy atom. The molecule has 0 bridgehead atoms. The lowest BCUT2D eigenvalue weighted by Crippen LogP contribution is -2.38. The number of nitrogens with one attached hydrogen (secondary N) is 2. The first kappa shape index (κ1) is 18.0. The minimum Gasteiger partial charge on any atom is -0.360 e. The molecule has 1 aliphatic carbocycles. The fourth-order valence-corrected chi connectivity index (χ4v) is 4.69. The van der Waals surface area contributed by atoms with Crippen molar-refractivity contribution in [2.24, 2.45) is 7.05 Å². The van der Waals surface area contributed by atoms with Gasteiger partial charge in [-0.05, 0) is 18.9 Å². The summed E-state index contributed by atoms with van der Waals surface area (Å²) in [5, 5.41) is 8.56. The second kappa shape index (κ2) is 7.06. The van der Waals surface area contributed by atoms with E-state index < -0.39 is 0 Å². The van der Waals surface area contributed by atoms with E-state index in [0.717, 1.165) is 47.8 Å². The number of carbonyl (C=O) groups is 2. The molecule has 3 aromatic rings. The van der Waals surface area contributed by atoms with Gasteiger partial charge >= 0.3 is 0 Å². The highest BCUT2D eigenvalue weighted by Crippen LogP contribution is 2.26. The van der Waals surface area contributed by atoms with Crippen LogP contribution in [0.2, 0.25) is 0 Å². The lowest BCUT2D eigenvalue weighted by molar-refractivity contribution is 0.0732. The van der Waals surface area contributed by atoms with Crippen LogP contribution in [0, 0.1) is 0 Å². The number of aromatic nitrogens is 3. The molecular weight excluding hydrogens is 366 g/mol. The minimum absolute atomic E-state index is 0.0147. The van der Waals surface area contributed by atoms with Crippen molar-refractivity contribution in [2.45, 2.75) is 44.7 Å². The Labute approximate surface area is 169 Å². The van der Waals surface area contributed by atoms with Crippen LogP contribution >= 0.6 is 0 Å². The molecule has 5 rings (SSSR count). The molecule has 1 aromatic carbocycles. The van der Waals surface area contributed by atoms with Crippen molar-refractivity contribution < 1.29 is 9.59 Å². The van der Waals surface area contributed by atoms with Crippen LogP contribution < -0.4 is 5.32 Å². The highest BCUT2D eigenvalue weighted by atomic mass is 16.2. The first-order valence-electron chi connectivity index (χ1n) is 10.3. The van der Waals surface area contributed by atoms with E-state index in [9.17, 15) is 9.59 Å². The number of carbonyl (C=O) groups excluding carboxylic acids is 2. The van der Waals surface area contributed by atoms with Gasteiger partial charge in [0, 0.05) is 54.4 Å². The zero-order valence-electron chi connectivity index (χ0n) is 16.6. The highest BCUT2D eigenvalue weighted by Gasteiger charge is 2.31. The Hall–Kier alpha value is -3.09. The van der Waals surface area contributed by atoms with Gasteiger partial charge in [0.15, 0.2) is 5.69 Å². The average Bonchev–Trinajstić information content (AvgIpc) is 3.46. The van der Waals surface area contributed by atoms with E-state index in [1.807, 2.05) is 36.2 Å². The van der Waals surface area contributed by atoms with Crippen LogP contribution in [0.4, 0.5) is 0 Å². The van der Waals surface area contributed by atoms with Gasteiger partial charge in [0.25, 0.3) is 11.8 Å². The Balaban J connectivity index is 1.41. The second-order valence-electron chi connectivity index (χ2n) is 8.08. The lowest BCUT2D eigenvalue weighted by Gasteiger charge is -2.27. The van der Waals surface area contributed by atoms with Crippen LogP contribution in [0.15, 0.2) is 30.5 Å². The summed E-state index contributed by atoms with van der Waals surface area (Å²) in [4.78, 5) is 31.1. The molecule has 0 saturated heterocycles. The van der Waals surface area contributed by atoms with Crippen molar-refractivity contribution >= 4 is 22.7 Å². The molecular formula is C22H25N5O2. The van der Waals surface area contributed by atoms with Crippen LogP contribution in [0.25, 0.3) is 10.9 Å². The van der Waals surface area contributed by atoms with Gasteiger partial charge in [-0.1, -0.05) is 31.0 Å². The molecule has 0 radical (unpaired) electrons. The molecule has 150 valence electrons. The number of aromatic amines is 1. The molecule has 0 spiro atoms. The monoisotopic (exact) mass is 391 g/mol. The summed E-state index contributed by atoms with van der Waals surface area (Å²) >= 11 is 0. The van der Waals surface area contributed by atoms with E-state index in [-0.39, 0.29) is 17.9 Å². The van der Waals surface area contributed by atoms with Crippen LogP contribution in [0.3, 0.4) is 0 Å². The summed E-state index contributed by atoms with van der Waals surface area (Å²) < 4.78 is 1.80. The number of aryl methyl sites for hydroxylation is 1. The standard InChI is InChI=1S/C22H25N5O2/c1-26-19-10-11-27(22(29)16-12-23-18-9-5-4-8-15(16)18)13-17(19)20(25-26)21(28)24-14-6-2-3-7-14/h4-5,8-9,12,14,23H,2-3,6-7,10-11,13H2,1H3,(H,24,28). The van der Waals surface area contributed by atoms with E-state index in [2.05, 4.69) is 15.4 Å². The third kappa shape index (κ3) is 3.10. The molecule has 2 aliphatic rings. The molecule has 1 saturated carbocycles. The third-order valence-corrected chi connectivity index (χ3v) is 6.25. The van der Waals surface area contributed by atoms with E-state index in [1.54, 1.807) is 10.9 Å². The second-order valence-corrected chi connectivity index (χ2v) is 8.08. The molecule has 29 heavy (non-hydrogen) atoms. The first-order valence-corrected chi connectivity index (χ1v) is 10.3.